The number of nitrogens with zero attached hydrogens (tertiary/aromatic N) is 1. The fraction of sp³-hybridized carbons (Fsp3) is 0.200. The number of nitrogens with one attached hydrogen (secondary N) is 2. The quantitative estimate of drug-likeness (QED) is 0.868. The second kappa shape index (κ2) is 7.17. The lowest BCUT2D eigenvalue weighted by molar-refractivity contribution is 0.0951. The maximum atomic E-state index is 13.5. The Morgan fingerprint density at radius 1 is 1.38 bits per heavy atom. The highest BCUT2D eigenvalue weighted by atomic mass is 79.9. The van der Waals surface area contributed by atoms with Crippen LogP contribution in [-0.4, -0.2) is 17.4 Å². The normalized spacial score (nSPS) is 10.2. The molecule has 0 saturated carbocycles. The van der Waals surface area contributed by atoms with Gasteiger partial charge in [0.25, 0.3) is 5.91 Å². The molecule has 0 aliphatic heterocycles. The second-order valence-corrected chi connectivity index (χ2v) is 5.27. The van der Waals surface area contributed by atoms with E-state index in [0.717, 1.165) is 0 Å². The number of rotatable bonds is 5. The monoisotopic (exact) mass is 351 g/mol. The van der Waals surface area contributed by atoms with E-state index in [-0.39, 0.29) is 18.3 Å². The van der Waals surface area contributed by atoms with Crippen LogP contribution in [0.1, 0.15) is 22.8 Å². The molecule has 0 saturated heterocycles. The molecule has 0 bridgehead atoms. The first-order chi connectivity index (χ1) is 10.1. The van der Waals surface area contributed by atoms with Crippen molar-refractivity contribution in [1.82, 2.24) is 10.3 Å². The van der Waals surface area contributed by atoms with Gasteiger partial charge >= 0.3 is 0 Å². The van der Waals surface area contributed by atoms with Crippen LogP contribution >= 0.6 is 15.9 Å². The molecule has 0 spiro atoms. The number of aromatic nitrogens is 1. The molecule has 0 atom stereocenters. The molecule has 1 aromatic carbocycles. The van der Waals surface area contributed by atoms with E-state index in [1.165, 1.54) is 6.07 Å². The van der Waals surface area contributed by atoms with Gasteiger partial charge in [0.05, 0.1) is 5.56 Å². The summed E-state index contributed by atoms with van der Waals surface area (Å²) in [6.07, 6.45) is 1.62. The van der Waals surface area contributed by atoms with Gasteiger partial charge in [-0.2, -0.15) is 0 Å². The van der Waals surface area contributed by atoms with Crippen LogP contribution < -0.4 is 10.6 Å². The molecular formula is C15H15BrFN3O. The smallest absolute Gasteiger partial charge is 0.255 e. The Hall–Kier alpha value is -1.95. The molecule has 1 heterocycles. The van der Waals surface area contributed by atoms with Gasteiger partial charge in [0, 0.05) is 29.3 Å². The summed E-state index contributed by atoms with van der Waals surface area (Å²) in [7, 11) is 0. The van der Waals surface area contributed by atoms with Crippen molar-refractivity contribution in [2.45, 2.75) is 13.5 Å². The van der Waals surface area contributed by atoms with Gasteiger partial charge in [0.2, 0.25) is 0 Å². The Bertz CT molecular complexity index is 649. The van der Waals surface area contributed by atoms with Crippen LogP contribution in [0.5, 0.6) is 0 Å². The number of amides is 1. The number of hydrogen-bond donors (Lipinski definition) is 2. The van der Waals surface area contributed by atoms with Gasteiger partial charge in [0.1, 0.15) is 11.6 Å². The van der Waals surface area contributed by atoms with Crippen LogP contribution in [0.3, 0.4) is 0 Å². The number of hydrogen-bond acceptors (Lipinski definition) is 3. The van der Waals surface area contributed by atoms with Crippen molar-refractivity contribution in [3.63, 3.8) is 0 Å². The molecule has 1 aromatic heterocycles. The minimum absolute atomic E-state index is 0.129. The Balaban J connectivity index is 2.13. The SMILES string of the molecule is CCNc1ncc(Br)cc1C(=O)NCc1ccccc1F. The molecular weight excluding hydrogens is 337 g/mol. The predicted octanol–water partition coefficient (Wildman–Crippen LogP) is 3.35. The minimum Gasteiger partial charge on any atom is -0.370 e. The van der Waals surface area contributed by atoms with Crippen LogP contribution in [0.25, 0.3) is 0 Å². The highest BCUT2D eigenvalue weighted by Crippen LogP contribution is 2.18. The van der Waals surface area contributed by atoms with Gasteiger partial charge in [-0.25, -0.2) is 9.37 Å². The van der Waals surface area contributed by atoms with Gasteiger partial charge in [0.15, 0.2) is 0 Å². The fourth-order valence-electron chi connectivity index (χ4n) is 1.83. The third-order valence-electron chi connectivity index (χ3n) is 2.84. The van der Waals surface area contributed by atoms with E-state index in [1.54, 1.807) is 30.5 Å². The maximum absolute atomic E-state index is 13.5. The summed E-state index contributed by atoms with van der Waals surface area (Å²) >= 11 is 3.29. The van der Waals surface area contributed by atoms with Crippen LogP contribution in [-0.2, 0) is 6.54 Å². The average molecular weight is 352 g/mol. The molecule has 1 amide bonds. The van der Waals surface area contributed by atoms with Gasteiger partial charge in [-0.3, -0.25) is 4.79 Å². The summed E-state index contributed by atoms with van der Waals surface area (Å²) in [4.78, 5) is 16.4. The van der Waals surface area contributed by atoms with Crippen molar-refractivity contribution in [2.75, 3.05) is 11.9 Å². The third-order valence-corrected chi connectivity index (χ3v) is 3.27. The zero-order valence-electron chi connectivity index (χ0n) is 11.5. The predicted molar refractivity (Wildman–Crippen MR) is 83.7 cm³/mol. The number of pyridine rings is 1. The molecule has 0 fully saturated rings. The van der Waals surface area contributed by atoms with Gasteiger partial charge in [-0.05, 0) is 35.0 Å². The number of carbonyl (C=O) groups excluding carboxylic acids is 1. The molecule has 2 rings (SSSR count). The van der Waals surface area contributed by atoms with Crippen molar-refractivity contribution in [2.24, 2.45) is 0 Å². The molecule has 0 unspecified atom stereocenters. The fourth-order valence-corrected chi connectivity index (χ4v) is 2.16. The lowest BCUT2D eigenvalue weighted by Gasteiger charge is -2.11. The van der Waals surface area contributed by atoms with E-state index in [0.29, 0.717) is 28.0 Å². The highest BCUT2D eigenvalue weighted by molar-refractivity contribution is 9.10. The van der Waals surface area contributed by atoms with Crippen molar-refractivity contribution in [3.8, 4) is 0 Å². The van der Waals surface area contributed by atoms with E-state index in [9.17, 15) is 9.18 Å². The zero-order valence-corrected chi connectivity index (χ0v) is 13.1. The molecule has 0 aliphatic rings. The van der Waals surface area contributed by atoms with E-state index in [1.807, 2.05) is 6.92 Å². The summed E-state index contributed by atoms with van der Waals surface area (Å²) in [6, 6.07) is 8.03. The number of benzene rings is 1. The first kappa shape index (κ1) is 15.4. The largest absolute Gasteiger partial charge is 0.370 e. The molecule has 2 aromatic rings. The lowest BCUT2D eigenvalue weighted by Crippen LogP contribution is -2.25. The number of carbonyl (C=O) groups is 1. The molecule has 0 aliphatic carbocycles. The van der Waals surface area contributed by atoms with Crippen LogP contribution in [0.15, 0.2) is 41.0 Å². The second-order valence-electron chi connectivity index (χ2n) is 4.35. The van der Waals surface area contributed by atoms with E-state index >= 15 is 0 Å². The van der Waals surface area contributed by atoms with Crippen LogP contribution in [0.4, 0.5) is 10.2 Å². The topological polar surface area (TPSA) is 54.0 Å². The van der Waals surface area contributed by atoms with Gasteiger partial charge in [-0.1, -0.05) is 18.2 Å². The summed E-state index contributed by atoms with van der Waals surface area (Å²) in [5.74, 6) is -0.133. The van der Waals surface area contributed by atoms with Crippen LogP contribution in [0, 0.1) is 5.82 Å². The molecule has 0 radical (unpaired) electrons. The first-order valence-electron chi connectivity index (χ1n) is 6.53. The molecule has 2 N–H and O–H groups in total. The maximum Gasteiger partial charge on any atom is 0.255 e. The molecule has 110 valence electrons. The van der Waals surface area contributed by atoms with Gasteiger partial charge < -0.3 is 10.6 Å². The Morgan fingerprint density at radius 2 is 2.14 bits per heavy atom. The van der Waals surface area contributed by atoms with Crippen molar-refractivity contribution < 1.29 is 9.18 Å². The molecule has 21 heavy (non-hydrogen) atoms. The highest BCUT2D eigenvalue weighted by Gasteiger charge is 2.13. The summed E-state index contributed by atoms with van der Waals surface area (Å²) in [6.45, 7) is 2.70. The molecule has 6 heteroatoms. The van der Waals surface area contributed by atoms with E-state index in [2.05, 4.69) is 31.5 Å². The third kappa shape index (κ3) is 4.01. The summed E-state index contributed by atoms with van der Waals surface area (Å²) in [5, 5.41) is 5.73. The van der Waals surface area contributed by atoms with Gasteiger partial charge in [-0.15, -0.1) is 0 Å². The van der Waals surface area contributed by atoms with Crippen molar-refractivity contribution in [3.05, 3.63) is 57.9 Å². The van der Waals surface area contributed by atoms with Crippen LogP contribution in [0.2, 0.25) is 0 Å². The summed E-state index contributed by atoms with van der Waals surface area (Å²) in [5.41, 5.74) is 0.862. The Kier molecular flexibility index (Phi) is 5.27. The summed E-state index contributed by atoms with van der Waals surface area (Å²) < 4.78 is 14.2. The molecule has 4 nitrogen and oxygen atoms in total. The average Bonchev–Trinajstić information content (AvgIpc) is 2.48. The number of halogens is 2. The van der Waals surface area contributed by atoms with Crippen molar-refractivity contribution in [1.29, 1.82) is 0 Å². The Morgan fingerprint density at radius 3 is 2.86 bits per heavy atom. The first-order valence-corrected chi connectivity index (χ1v) is 7.32. The number of anilines is 1. The minimum atomic E-state index is -0.336. The Labute approximate surface area is 130 Å². The van der Waals surface area contributed by atoms with E-state index in [4.69, 9.17) is 0 Å². The van der Waals surface area contributed by atoms with Crippen molar-refractivity contribution >= 4 is 27.7 Å². The zero-order chi connectivity index (χ0) is 15.2. The standard InChI is InChI=1S/C15H15BrFN3O/c1-2-18-14-12(7-11(16)9-19-14)15(21)20-8-10-5-3-4-6-13(10)17/h3-7,9H,2,8H2,1H3,(H,18,19)(H,20,21). The van der Waals surface area contributed by atoms with E-state index < -0.39 is 0 Å². The lowest BCUT2D eigenvalue weighted by atomic mass is 10.2.